The van der Waals surface area contributed by atoms with Gasteiger partial charge in [-0.05, 0) is 15.9 Å². The van der Waals surface area contributed by atoms with Crippen molar-refractivity contribution in [1.82, 2.24) is 9.97 Å². The third-order valence-corrected chi connectivity index (χ3v) is 2.96. The molecule has 2 rings (SSSR count). The second kappa shape index (κ2) is 5.45. The third-order valence-electron chi connectivity index (χ3n) is 2.40. The Morgan fingerprint density at radius 1 is 1.67 bits per heavy atom. The van der Waals surface area contributed by atoms with Crippen molar-refractivity contribution in [2.75, 3.05) is 19.0 Å². The molecule has 2 heterocycles. The Kier molecular flexibility index (Phi) is 3.93. The average Bonchev–Trinajstić information content (AvgIpc) is 2.75. The minimum absolute atomic E-state index is 0.215. The maximum Gasteiger partial charge on any atom is 0.226 e. The second-order valence-corrected chi connectivity index (χ2v) is 4.49. The van der Waals surface area contributed by atoms with Crippen LogP contribution in [0.2, 0.25) is 0 Å². The Morgan fingerprint density at radius 2 is 2.44 bits per heavy atom. The van der Waals surface area contributed by atoms with Gasteiger partial charge in [-0.1, -0.05) is 0 Å². The standard InChI is InChI=1S/C11H11BrFN3O2/c1-18-3-2-8(17)16-7-5-15-11-9(7)10(13)6(12)4-14-11/h4-5H,2-3H2,1H3,(H,14,15)(H,16,17). The molecule has 1 amide bonds. The molecule has 0 fully saturated rings. The predicted octanol–water partition coefficient (Wildman–Crippen LogP) is 2.44. The van der Waals surface area contributed by atoms with Crippen LogP contribution in [0.15, 0.2) is 16.9 Å². The molecule has 0 saturated heterocycles. The molecule has 0 saturated carbocycles. The van der Waals surface area contributed by atoms with Gasteiger partial charge in [0.1, 0.15) is 5.65 Å². The summed E-state index contributed by atoms with van der Waals surface area (Å²) in [6, 6.07) is 0. The number of aromatic amines is 1. The smallest absolute Gasteiger partial charge is 0.226 e. The average molecular weight is 316 g/mol. The molecule has 0 aromatic carbocycles. The van der Waals surface area contributed by atoms with Gasteiger partial charge in [0.05, 0.1) is 28.6 Å². The maximum atomic E-state index is 13.9. The van der Waals surface area contributed by atoms with E-state index in [0.29, 0.717) is 17.9 Å². The van der Waals surface area contributed by atoms with E-state index in [1.165, 1.54) is 19.5 Å². The number of pyridine rings is 1. The summed E-state index contributed by atoms with van der Waals surface area (Å²) in [7, 11) is 1.51. The highest BCUT2D eigenvalue weighted by molar-refractivity contribution is 9.10. The first-order valence-corrected chi connectivity index (χ1v) is 6.02. The maximum absolute atomic E-state index is 13.9. The van der Waals surface area contributed by atoms with E-state index < -0.39 is 5.82 Å². The van der Waals surface area contributed by atoms with Crippen LogP contribution in [0.25, 0.3) is 11.0 Å². The van der Waals surface area contributed by atoms with Gasteiger partial charge in [-0.3, -0.25) is 4.79 Å². The predicted molar refractivity (Wildman–Crippen MR) is 68.9 cm³/mol. The Morgan fingerprint density at radius 3 is 3.17 bits per heavy atom. The lowest BCUT2D eigenvalue weighted by atomic mass is 10.3. The number of H-pyrrole nitrogens is 1. The molecular formula is C11H11BrFN3O2. The number of nitrogens with one attached hydrogen (secondary N) is 2. The number of nitrogens with zero attached hydrogens (tertiary/aromatic N) is 1. The molecule has 2 aromatic heterocycles. The summed E-state index contributed by atoms with van der Waals surface area (Å²) < 4.78 is 19.0. The Balaban J connectivity index is 2.29. The molecule has 0 unspecified atom stereocenters. The van der Waals surface area contributed by atoms with Crippen molar-refractivity contribution in [3.8, 4) is 0 Å². The summed E-state index contributed by atoms with van der Waals surface area (Å²) in [6.07, 6.45) is 3.09. The lowest BCUT2D eigenvalue weighted by Gasteiger charge is -2.04. The molecular weight excluding hydrogens is 305 g/mol. The van der Waals surface area contributed by atoms with Gasteiger partial charge in [0.2, 0.25) is 5.91 Å². The number of anilines is 1. The monoisotopic (exact) mass is 315 g/mol. The van der Waals surface area contributed by atoms with E-state index >= 15 is 0 Å². The topological polar surface area (TPSA) is 67.0 Å². The van der Waals surface area contributed by atoms with E-state index in [0.717, 1.165) is 0 Å². The fourth-order valence-corrected chi connectivity index (χ4v) is 1.84. The first-order valence-electron chi connectivity index (χ1n) is 5.23. The Bertz CT molecular complexity index is 585. The number of rotatable bonds is 4. The molecule has 0 bridgehead atoms. The molecule has 2 aromatic rings. The Labute approximate surface area is 111 Å². The Hall–Kier alpha value is -1.47. The van der Waals surface area contributed by atoms with E-state index in [-0.39, 0.29) is 22.2 Å². The first-order chi connectivity index (χ1) is 8.63. The highest BCUT2D eigenvalue weighted by Gasteiger charge is 2.14. The summed E-state index contributed by atoms with van der Waals surface area (Å²) in [6.45, 7) is 0.318. The van der Waals surface area contributed by atoms with Gasteiger partial charge in [-0.15, -0.1) is 0 Å². The summed E-state index contributed by atoms with van der Waals surface area (Å²) in [5.74, 6) is -0.694. The highest BCUT2D eigenvalue weighted by Crippen LogP contribution is 2.28. The number of hydrogen-bond acceptors (Lipinski definition) is 3. The van der Waals surface area contributed by atoms with Gasteiger partial charge >= 0.3 is 0 Å². The van der Waals surface area contributed by atoms with Crippen molar-refractivity contribution in [3.63, 3.8) is 0 Å². The fourth-order valence-electron chi connectivity index (χ4n) is 1.54. The van der Waals surface area contributed by atoms with Gasteiger partial charge in [0, 0.05) is 19.5 Å². The zero-order chi connectivity index (χ0) is 13.1. The molecule has 0 radical (unpaired) electrons. The largest absolute Gasteiger partial charge is 0.384 e. The van der Waals surface area contributed by atoms with Crippen LogP contribution in [0.4, 0.5) is 10.1 Å². The normalized spacial score (nSPS) is 10.8. The van der Waals surface area contributed by atoms with Gasteiger partial charge < -0.3 is 15.0 Å². The SMILES string of the molecule is COCCC(=O)Nc1c[nH]c2ncc(Br)c(F)c12. The van der Waals surface area contributed by atoms with E-state index in [9.17, 15) is 9.18 Å². The number of amides is 1. The van der Waals surface area contributed by atoms with Crippen LogP contribution in [0.5, 0.6) is 0 Å². The van der Waals surface area contributed by atoms with Gasteiger partial charge in [-0.2, -0.15) is 0 Å². The minimum Gasteiger partial charge on any atom is -0.384 e. The van der Waals surface area contributed by atoms with Crippen molar-refractivity contribution in [2.24, 2.45) is 0 Å². The van der Waals surface area contributed by atoms with Crippen molar-refractivity contribution in [1.29, 1.82) is 0 Å². The fraction of sp³-hybridized carbons (Fsp3) is 0.273. The molecule has 0 spiro atoms. The zero-order valence-electron chi connectivity index (χ0n) is 9.59. The van der Waals surface area contributed by atoms with Crippen LogP contribution in [-0.2, 0) is 9.53 Å². The van der Waals surface area contributed by atoms with Crippen molar-refractivity contribution in [3.05, 3.63) is 22.7 Å². The number of ether oxygens (including phenoxy) is 1. The number of halogens is 2. The van der Waals surface area contributed by atoms with E-state index in [1.54, 1.807) is 0 Å². The van der Waals surface area contributed by atoms with Crippen LogP contribution in [-0.4, -0.2) is 29.6 Å². The van der Waals surface area contributed by atoms with E-state index in [2.05, 4.69) is 31.2 Å². The highest BCUT2D eigenvalue weighted by atomic mass is 79.9. The van der Waals surface area contributed by atoms with Gasteiger partial charge in [-0.25, -0.2) is 9.37 Å². The van der Waals surface area contributed by atoms with Crippen LogP contribution < -0.4 is 5.32 Å². The minimum atomic E-state index is -0.455. The lowest BCUT2D eigenvalue weighted by molar-refractivity contribution is -0.117. The number of carbonyl (C=O) groups excluding carboxylic acids is 1. The molecule has 0 aliphatic rings. The number of fused-ring (bicyclic) bond motifs is 1. The van der Waals surface area contributed by atoms with Gasteiger partial charge in [0.15, 0.2) is 5.82 Å². The molecule has 5 nitrogen and oxygen atoms in total. The lowest BCUT2D eigenvalue weighted by Crippen LogP contribution is -2.13. The summed E-state index contributed by atoms with van der Waals surface area (Å²) in [5.41, 5.74) is 0.759. The second-order valence-electron chi connectivity index (χ2n) is 3.64. The van der Waals surface area contributed by atoms with Gasteiger partial charge in [0.25, 0.3) is 0 Å². The first kappa shape index (κ1) is 13.0. The quantitative estimate of drug-likeness (QED) is 0.910. The molecule has 0 aliphatic carbocycles. The molecule has 0 aliphatic heterocycles. The number of aromatic nitrogens is 2. The third kappa shape index (κ3) is 2.51. The van der Waals surface area contributed by atoms with Crippen LogP contribution in [0.1, 0.15) is 6.42 Å². The van der Waals surface area contributed by atoms with Crippen molar-refractivity contribution in [2.45, 2.75) is 6.42 Å². The van der Waals surface area contributed by atoms with Crippen molar-refractivity contribution >= 4 is 38.6 Å². The number of methoxy groups -OCH3 is 1. The molecule has 2 N–H and O–H groups in total. The van der Waals surface area contributed by atoms with Crippen molar-refractivity contribution < 1.29 is 13.9 Å². The zero-order valence-corrected chi connectivity index (χ0v) is 11.2. The van der Waals surface area contributed by atoms with E-state index in [4.69, 9.17) is 4.74 Å². The van der Waals surface area contributed by atoms with Crippen LogP contribution >= 0.6 is 15.9 Å². The van der Waals surface area contributed by atoms with Crippen LogP contribution in [0.3, 0.4) is 0 Å². The summed E-state index contributed by atoms with van der Waals surface area (Å²) in [4.78, 5) is 18.4. The molecule has 0 atom stereocenters. The summed E-state index contributed by atoms with van der Waals surface area (Å²) >= 11 is 3.06. The summed E-state index contributed by atoms with van der Waals surface area (Å²) in [5, 5.41) is 2.88. The molecule has 18 heavy (non-hydrogen) atoms. The van der Waals surface area contributed by atoms with E-state index in [1.807, 2.05) is 0 Å². The number of carbonyl (C=O) groups is 1. The number of hydrogen-bond donors (Lipinski definition) is 2. The molecule has 96 valence electrons. The molecule has 7 heteroatoms. The van der Waals surface area contributed by atoms with Crippen LogP contribution in [0, 0.1) is 5.82 Å².